The molecule has 0 saturated carbocycles. The maximum atomic E-state index is 10.9. The van der Waals surface area contributed by atoms with Crippen LogP contribution in [0, 0.1) is 0 Å². The number of aromatic amines is 1. The van der Waals surface area contributed by atoms with Crippen molar-refractivity contribution in [3.8, 4) is 0 Å². The number of carbonyl (C=O) groups is 1. The van der Waals surface area contributed by atoms with E-state index >= 15 is 0 Å². The van der Waals surface area contributed by atoms with Gasteiger partial charge < -0.3 is 9.72 Å². The zero-order chi connectivity index (χ0) is 8.27. The van der Waals surface area contributed by atoms with E-state index in [0.717, 1.165) is 0 Å². The van der Waals surface area contributed by atoms with E-state index in [2.05, 4.69) is 25.9 Å². The van der Waals surface area contributed by atoms with Crippen LogP contribution in [0.3, 0.4) is 0 Å². The topological polar surface area (TPSA) is 55.0 Å². The number of esters is 1. The summed E-state index contributed by atoms with van der Waals surface area (Å²) in [4.78, 5) is 17.4. The smallest absolute Gasteiger partial charge is 0.356 e. The van der Waals surface area contributed by atoms with Gasteiger partial charge in [0, 0.05) is 0 Å². The lowest BCUT2D eigenvalue weighted by Gasteiger charge is -1.95. The number of hydrogen-bond donors (Lipinski definition) is 1. The summed E-state index contributed by atoms with van der Waals surface area (Å²) in [5.41, 5.74) is 0.360. The molecule has 1 rings (SSSR count). The largest absolute Gasteiger partial charge is 0.461 e. The van der Waals surface area contributed by atoms with Crippen LogP contribution in [0.5, 0.6) is 0 Å². The Kier molecular flexibility index (Phi) is 2.64. The molecule has 0 bridgehead atoms. The van der Waals surface area contributed by atoms with Crippen molar-refractivity contribution in [2.45, 2.75) is 6.92 Å². The fraction of sp³-hybridized carbons (Fsp3) is 0.333. The molecule has 4 nitrogen and oxygen atoms in total. The second-order valence-electron chi connectivity index (χ2n) is 1.81. The molecule has 0 aliphatic carbocycles. The predicted molar refractivity (Wildman–Crippen MR) is 42.2 cm³/mol. The second kappa shape index (κ2) is 3.52. The molecule has 11 heavy (non-hydrogen) atoms. The van der Waals surface area contributed by atoms with Crippen molar-refractivity contribution in [3.63, 3.8) is 0 Å². The standard InChI is InChI=1S/C6H7BrN2O2/c1-2-11-5(10)4-3-8-6(7)9-4/h3H,2H2,1H3,(H,8,9). The third-order valence-electron chi connectivity index (χ3n) is 1.04. The lowest BCUT2D eigenvalue weighted by atomic mass is 10.5. The van der Waals surface area contributed by atoms with Gasteiger partial charge >= 0.3 is 5.97 Å². The van der Waals surface area contributed by atoms with Crippen molar-refractivity contribution in [1.82, 2.24) is 9.97 Å². The normalized spacial score (nSPS) is 9.64. The van der Waals surface area contributed by atoms with Gasteiger partial charge in [0.2, 0.25) is 0 Å². The fourth-order valence-electron chi connectivity index (χ4n) is 0.609. The van der Waals surface area contributed by atoms with Gasteiger partial charge in [-0.2, -0.15) is 0 Å². The summed E-state index contributed by atoms with van der Waals surface area (Å²) in [5, 5.41) is 0. The second-order valence-corrected chi connectivity index (χ2v) is 2.56. The Morgan fingerprint density at radius 1 is 1.91 bits per heavy atom. The predicted octanol–water partition coefficient (Wildman–Crippen LogP) is 1.35. The monoisotopic (exact) mass is 218 g/mol. The van der Waals surface area contributed by atoms with Crippen LogP contribution >= 0.6 is 15.9 Å². The van der Waals surface area contributed by atoms with Crippen LogP contribution < -0.4 is 0 Å². The van der Waals surface area contributed by atoms with Gasteiger partial charge in [-0.1, -0.05) is 0 Å². The molecule has 5 heteroatoms. The number of aromatic nitrogens is 2. The SMILES string of the molecule is CCOC(=O)c1cnc(Br)[nH]1. The van der Waals surface area contributed by atoms with Gasteiger partial charge in [0.15, 0.2) is 4.73 Å². The number of imidazole rings is 1. The third kappa shape index (κ3) is 2.04. The lowest BCUT2D eigenvalue weighted by Crippen LogP contribution is -2.04. The van der Waals surface area contributed by atoms with E-state index in [1.54, 1.807) is 6.92 Å². The first-order valence-corrected chi connectivity index (χ1v) is 3.91. The average Bonchev–Trinajstić information content (AvgIpc) is 2.36. The highest BCUT2D eigenvalue weighted by atomic mass is 79.9. The molecule has 0 aliphatic rings. The molecule has 0 atom stereocenters. The van der Waals surface area contributed by atoms with Gasteiger partial charge in [0.05, 0.1) is 12.8 Å². The van der Waals surface area contributed by atoms with E-state index < -0.39 is 0 Å². The summed E-state index contributed by atoms with van der Waals surface area (Å²) in [6.45, 7) is 2.12. The van der Waals surface area contributed by atoms with Crippen molar-refractivity contribution in [2.75, 3.05) is 6.61 Å². The van der Waals surface area contributed by atoms with E-state index in [1.165, 1.54) is 6.20 Å². The first kappa shape index (κ1) is 8.26. The Morgan fingerprint density at radius 3 is 3.09 bits per heavy atom. The average molecular weight is 219 g/mol. The fourth-order valence-corrected chi connectivity index (χ4v) is 0.925. The number of carbonyl (C=O) groups excluding carboxylic acids is 1. The summed E-state index contributed by atoms with van der Waals surface area (Å²) in [6, 6.07) is 0. The number of H-pyrrole nitrogens is 1. The first-order chi connectivity index (χ1) is 5.24. The van der Waals surface area contributed by atoms with Gasteiger partial charge in [-0.3, -0.25) is 0 Å². The minimum absolute atomic E-state index is 0.360. The number of nitrogens with one attached hydrogen (secondary N) is 1. The Morgan fingerprint density at radius 2 is 2.64 bits per heavy atom. The maximum Gasteiger partial charge on any atom is 0.356 e. The molecule has 0 aromatic carbocycles. The van der Waals surface area contributed by atoms with E-state index in [-0.39, 0.29) is 5.97 Å². The van der Waals surface area contributed by atoms with Gasteiger partial charge in [-0.15, -0.1) is 0 Å². The zero-order valence-corrected chi connectivity index (χ0v) is 7.51. The quantitative estimate of drug-likeness (QED) is 0.763. The summed E-state index contributed by atoms with van der Waals surface area (Å²) in [7, 11) is 0. The summed E-state index contributed by atoms with van der Waals surface area (Å²) in [5.74, 6) is -0.384. The van der Waals surface area contributed by atoms with Crippen LogP contribution in [-0.2, 0) is 4.74 Å². The summed E-state index contributed by atoms with van der Waals surface area (Å²) >= 11 is 3.08. The van der Waals surface area contributed by atoms with E-state index in [4.69, 9.17) is 4.74 Å². The van der Waals surface area contributed by atoms with Crippen LogP contribution in [0.25, 0.3) is 0 Å². The number of nitrogens with zero attached hydrogens (tertiary/aromatic N) is 1. The van der Waals surface area contributed by atoms with Crippen LogP contribution in [0.15, 0.2) is 10.9 Å². The van der Waals surface area contributed by atoms with Crippen molar-refractivity contribution in [2.24, 2.45) is 0 Å². The Bertz CT molecular complexity index is 259. The molecule has 0 unspecified atom stereocenters. The number of halogens is 1. The minimum Gasteiger partial charge on any atom is -0.461 e. The number of rotatable bonds is 2. The highest BCUT2D eigenvalue weighted by molar-refractivity contribution is 9.10. The zero-order valence-electron chi connectivity index (χ0n) is 5.93. The van der Waals surface area contributed by atoms with Crippen molar-refractivity contribution < 1.29 is 9.53 Å². The summed E-state index contributed by atoms with van der Waals surface area (Å²) in [6.07, 6.45) is 1.42. The third-order valence-corrected chi connectivity index (χ3v) is 1.44. The molecule has 0 saturated heterocycles. The molecule has 0 fully saturated rings. The Labute approximate surface area is 72.1 Å². The molecule has 1 aromatic heterocycles. The molecular formula is C6H7BrN2O2. The van der Waals surface area contributed by atoms with Crippen LogP contribution in [0.2, 0.25) is 0 Å². The lowest BCUT2D eigenvalue weighted by molar-refractivity contribution is 0.0520. The van der Waals surface area contributed by atoms with Gasteiger partial charge in [0.25, 0.3) is 0 Å². The van der Waals surface area contributed by atoms with Crippen molar-refractivity contribution >= 4 is 21.9 Å². The Hall–Kier alpha value is -0.840. The summed E-state index contributed by atoms with van der Waals surface area (Å²) < 4.78 is 5.24. The van der Waals surface area contributed by atoms with Gasteiger partial charge in [0.1, 0.15) is 5.69 Å². The highest BCUT2D eigenvalue weighted by Gasteiger charge is 2.07. The van der Waals surface area contributed by atoms with Crippen LogP contribution in [-0.4, -0.2) is 22.5 Å². The van der Waals surface area contributed by atoms with E-state index in [0.29, 0.717) is 17.0 Å². The molecular weight excluding hydrogens is 212 g/mol. The van der Waals surface area contributed by atoms with E-state index in [9.17, 15) is 4.79 Å². The van der Waals surface area contributed by atoms with Crippen LogP contribution in [0.4, 0.5) is 0 Å². The van der Waals surface area contributed by atoms with E-state index in [1.807, 2.05) is 0 Å². The molecule has 0 aliphatic heterocycles. The van der Waals surface area contributed by atoms with Gasteiger partial charge in [-0.25, -0.2) is 9.78 Å². The van der Waals surface area contributed by atoms with Gasteiger partial charge in [-0.05, 0) is 22.9 Å². The highest BCUT2D eigenvalue weighted by Crippen LogP contribution is 2.04. The van der Waals surface area contributed by atoms with Crippen molar-refractivity contribution in [1.29, 1.82) is 0 Å². The Balaban J connectivity index is 2.69. The molecule has 60 valence electrons. The van der Waals surface area contributed by atoms with Crippen LogP contribution in [0.1, 0.15) is 17.4 Å². The molecule has 1 aromatic rings. The van der Waals surface area contributed by atoms with Crippen molar-refractivity contribution in [3.05, 3.63) is 16.6 Å². The number of ether oxygens (including phenoxy) is 1. The number of hydrogen-bond acceptors (Lipinski definition) is 3. The molecule has 0 radical (unpaired) electrons. The molecule has 0 amide bonds. The molecule has 1 N–H and O–H groups in total. The minimum atomic E-state index is -0.384. The maximum absolute atomic E-state index is 10.9. The molecule has 1 heterocycles. The first-order valence-electron chi connectivity index (χ1n) is 3.11. The molecule has 0 spiro atoms.